The average molecular weight is 455 g/mol. The quantitative estimate of drug-likeness (QED) is 0.529. The number of fused-ring (bicyclic) bond motifs is 1. The molecule has 2 aromatic carbocycles. The van der Waals surface area contributed by atoms with Gasteiger partial charge in [-0.15, -0.1) is 0 Å². The molecule has 1 aliphatic heterocycles. The Hall–Kier alpha value is -3.40. The van der Waals surface area contributed by atoms with Crippen LogP contribution in [0.15, 0.2) is 91.1 Å². The van der Waals surface area contributed by atoms with Gasteiger partial charge in [0.05, 0.1) is 12.0 Å². The van der Waals surface area contributed by atoms with Gasteiger partial charge < -0.3 is 10.2 Å². The van der Waals surface area contributed by atoms with Crippen LogP contribution in [0.1, 0.15) is 60.0 Å². The van der Waals surface area contributed by atoms with Crippen molar-refractivity contribution in [3.05, 3.63) is 108 Å². The van der Waals surface area contributed by atoms with E-state index in [1.54, 1.807) is 6.08 Å². The highest BCUT2D eigenvalue weighted by molar-refractivity contribution is 6.02. The summed E-state index contributed by atoms with van der Waals surface area (Å²) in [6, 6.07) is 17.6. The number of carbonyl (C=O) groups is 2. The van der Waals surface area contributed by atoms with E-state index in [2.05, 4.69) is 24.0 Å². The van der Waals surface area contributed by atoms with Crippen LogP contribution < -0.4 is 5.32 Å². The third-order valence-electron chi connectivity index (χ3n) is 6.94. The molecule has 0 radical (unpaired) electrons. The Kier molecular flexibility index (Phi) is 7.79. The first-order valence-electron chi connectivity index (χ1n) is 12.3. The minimum atomic E-state index is -0.479. The Morgan fingerprint density at radius 3 is 2.50 bits per heavy atom. The first kappa shape index (κ1) is 23.7. The first-order valence-corrected chi connectivity index (χ1v) is 12.3. The highest BCUT2D eigenvalue weighted by atomic mass is 16.2. The van der Waals surface area contributed by atoms with Crippen LogP contribution in [0, 0.1) is 0 Å². The minimum absolute atomic E-state index is 0.0281. The Balaban J connectivity index is 1.73. The second kappa shape index (κ2) is 11.1. The molecule has 0 unspecified atom stereocenters. The van der Waals surface area contributed by atoms with E-state index in [0.29, 0.717) is 12.1 Å². The number of hydrogen-bond donors (Lipinski definition) is 1. The van der Waals surface area contributed by atoms with E-state index in [0.717, 1.165) is 43.2 Å². The Bertz CT molecular complexity index is 1080. The summed E-state index contributed by atoms with van der Waals surface area (Å²) in [6.07, 6.45) is 12.6. The van der Waals surface area contributed by atoms with Crippen LogP contribution in [0.25, 0.3) is 0 Å². The Labute approximate surface area is 203 Å². The van der Waals surface area contributed by atoms with Crippen molar-refractivity contribution >= 4 is 11.8 Å². The molecule has 1 heterocycles. The fourth-order valence-electron chi connectivity index (χ4n) is 5.44. The van der Waals surface area contributed by atoms with Gasteiger partial charge in [-0.05, 0) is 49.0 Å². The molecule has 1 aliphatic carbocycles. The van der Waals surface area contributed by atoms with Gasteiger partial charge in [0.15, 0.2) is 0 Å². The summed E-state index contributed by atoms with van der Waals surface area (Å²) in [4.78, 5) is 29.6. The summed E-state index contributed by atoms with van der Waals surface area (Å²) in [5.74, 6) is -0.490. The topological polar surface area (TPSA) is 49.4 Å². The van der Waals surface area contributed by atoms with Gasteiger partial charge in [-0.3, -0.25) is 9.59 Å². The molecule has 4 heteroatoms. The van der Waals surface area contributed by atoms with Crippen molar-refractivity contribution in [2.45, 2.75) is 57.0 Å². The molecule has 1 saturated carbocycles. The van der Waals surface area contributed by atoms with Crippen LogP contribution in [0.5, 0.6) is 0 Å². The zero-order chi connectivity index (χ0) is 23.9. The summed E-state index contributed by atoms with van der Waals surface area (Å²) in [5.41, 5.74) is 3.58. The van der Waals surface area contributed by atoms with E-state index in [1.165, 1.54) is 5.56 Å². The van der Waals surface area contributed by atoms with Crippen molar-refractivity contribution in [2.24, 2.45) is 0 Å². The molecule has 1 N–H and O–H groups in total. The van der Waals surface area contributed by atoms with Crippen LogP contribution in [-0.4, -0.2) is 35.3 Å². The van der Waals surface area contributed by atoms with Crippen LogP contribution in [0.2, 0.25) is 0 Å². The highest BCUT2D eigenvalue weighted by Crippen LogP contribution is 2.41. The summed E-state index contributed by atoms with van der Waals surface area (Å²) in [5, 5.41) is 3.18. The largest absolute Gasteiger partial charge is 0.355 e. The predicted molar refractivity (Wildman–Crippen MR) is 138 cm³/mol. The Morgan fingerprint density at radius 1 is 1.09 bits per heavy atom. The van der Waals surface area contributed by atoms with Crippen LogP contribution in [0.4, 0.5) is 0 Å². The molecule has 4 rings (SSSR count). The zero-order valence-electron chi connectivity index (χ0n) is 20.0. The molecule has 2 aliphatic rings. The van der Waals surface area contributed by atoms with Crippen molar-refractivity contribution in [1.82, 2.24) is 10.2 Å². The third kappa shape index (κ3) is 4.91. The van der Waals surface area contributed by atoms with Crippen molar-refractivity contribution in [3.63, 3.8) is 0 Å². The van der Waals surface area contributed by atoms with Crippen LogP contribution in [-0.2, 0) is 11.2 Å². The standard InChI is InChI=1S/C30H34N2O2/c1-3-12-23(13-4-2)28-27(29(33)31-21-20-22-14-6-5-7-15-22)25-18-10-11-19-26(25)30(34)32(28)24-16-8-9-17-24/h3-7,10-15,18-19,24,27-28H,1,8-9,16-17,20-21H2,2H3,(H,31,33)/b13-4-,23-12+/t27-,28+/m1/s1. The number of nitrogens with zero attached hydrogens (tertiary/aromatic N) is 1. The SMILES string of the molecule is C=C/C=C(\C=C/C)[C@H]1[C@H](C(=O)NCCc2ccccc2)c2ccccc2C(=O)N1C1CCCC1. The van der Waals surface area contributed by atoms with Crippen LogP contribution in [0.3, 0.4) is 0 Å². The number of allylic oxidation sites excluding steroid dienone is 3. The highest BCUT2D eigenvalue weighted by Gasteiger charge is 2.47. The van der Waals surface area contributed by atoms with E-state index in [4.69, 9.17) is 0 Å². The summed E-state index contributed by atoms with van der Waals surface area (Å²) >= 11 is 0. The van der Waals surface area contributed by atoms with Crippen LogP contribution >= 0.6 is 0 Å². The number of benzene rings is 2. The molecule has 2 amide bonds. The van der Waals surface area contributed by atoms with Gasteiger partial charge in [0, 0.05) is 18.2 Å². The number of rotatable bonds is 8. The molecule has 34 heavy (non-hydrogen) atoms. The van der Waals surface area contributed by atoms with Crippen molar-refractivity contribution in [3.8, 4) is 0 Å². The molecule has 0 spiro atoms. The van der Waals surface area contributed by atoms with Gasteiger partial charge in [0.25, 0.3) is 5.91 Å². The second-order valence-electron chi connectivity index (χ2n) is 9.09. The summed E-state index contributed by atoms with van der Waals surface area (Å²) in [7, 11) is 0. The fraction of sp³-hybridized carbons (Fsp3) is 0.333. The maximum atomic E-state index is 13.8. The molecule has 176 valence electrons. The number of carbonyl (C=O) groups excluding carboxylic acids is 2. The van der Waals surface area contributed by atoms with Gasteiger partial charge in [-0.25, -0.2) is 0 Å². The van der Waals surface area contributed by atoms with Gasteiger partial charge in [0.1, 0.15) is 0 Å². The second-order valence-corrected chi connectivity index (χ2v) is 9.09. The monoisotopic (exact) mass is 454 g/mol. The molecular formula is C30H34N2O2. The minimum Gasteiger partial charge on any atom is -0.355 e. The van der Waals surface area contributed by atoms with E-state index < -0.39 is 5.92 Å². The van der Waals surface area contributed by atoms with E-state index >= 15 is 0 Å². The molecule has 0 aromatic heterocycles. The van der Waals surface area contributed by atoms with Gasteiger partial charge in [-0.2, -0.15) is 0 Å². The molecule has 0 saturated heterocycles. The van der Waals surface area contributed by atoms with Crippen molar-refractivity contribution in [2.75, 3.05) is 6.54 Å². The lowest BCUT2D eigenvalue weighted by Crippen LogP contribution is -2.56. The molecule has 1 fully saturated rings. The number of nitrogens with one attached hydrogen (secondary N) is 1. The normalized spacial score (nSPS) is 21.0. The molecule has 4 nitrogen and oxygen atoms in total. The van der Waals surface area contributed by atoms with Gasteiger partial charge in [0.2, 0.25) is 5.91 Å². The lowest BCUT2D eigenvalue weighted by atomic mass is 9.77. The predicted octanol–water partition coefficient (Wildman–Crippen LogP) is 5.58. The molecule has 2 aromatic rings. The first-order chi connectivity index (χ1) is 16.7. The average Bonchev–Trinajstić information content (AvgIpc) is 3.39. The smallest absolute Gasteiger partial charge is 0.254 e. The third-order valence-corrected chi connectivity index (χ3v) is 6.94. The van der Waals surface area contributed by atoms with E-state index in [1.807, 2.05) is 72.5 Å². The lowest BCUT2D eigenvalue weighted by molar-refractivity contribution is -0.123. The van der Waals surface area contributed by atoms with E-state index in [-0.39, 0.29) is 23.9 Å². The van der Waals surface area contributed by atoms with E-state index in [9.17, 15) is 9.59 Å². The summed E-state index contributed by atoms with van der Waals surface area (Å²) in [6.45, 7) is 6.42. The van der Waals surface area contributed by atoms with Gasteiger partial charge >= 0.3 is 0 Å². The fourth-order valence-corrected chi connectivity index (χ4v) is 5.44. The maximum Gasteiger partial charge on any atom is 0.254 e. The molecule has 0 bridgehead atoms. The number of amides is 2. The zero-order valence-corrected chi connectivity index (χ0v) is 20.0. The van der Waals surface area contributed by atoms with Crippen molar-refractivity contribution in [1.29, 1.82) is 0 Å². The van der Waals surface area contributed by atoms with Crippen molar-refractivity contribution < 1.29 is 9.59 Å². The Morgan fingerprint density at radius 2 is 1.79 bits per heavy atom. The molecule has 2 atom stereocenters. The maximum absolute atomic E-state index is 13.8. The summed E-state index contributed by atoms with van der Waals surface area (Å²) < 4.78 is 0. The van der Waals surface area contributed by atoms with Gasteiger partial charge in [-0.1, -0.05) is 92.3 Å². The number of hydrogen-bond acceptors (Lipinski definition) is 2. The lowest BCUT2D eigenvalue weighted by Gasteiger charge is -2.45. The molecular weight excluding hydrogens is 420 g/mol.